The minimum absolute atomic E-state index is 0.0272. The molecule has 2 N–H and O–H groups in total. The number of alkyl halides is 3. The Morgan fingerprint density at radius 1 is 1.06 bits per heavy atom. The van der Waals surface area contributed by atoms with Crippen LogP contribution in [0.3, 0.4) is 0 Å². The van der Waals surface area contributed by atoms with Crippen LogP contribution in [0, 0.1) is 0 Å². The van der Waals surface area contributed by atoms with E-state index >= 15 is 0 Å². The fourth-order valence-electron chi connectivity index (χ4n) is 3.52. The van der Waals surface area contributed by atoms with E-state index in [4.69, 9.17) is 44.3 Å². The van der Waals surface area contributed by atoms with Crippen LogP contribution in [-0.2, 0) is 20.9 Å². The van der Waals surface area contributed by atoms with E-state index in [1.165, 1.54) is 11.8 Å². The zero-order chi connectivity index (χ0) is 24.8. The van der Waals surface area contributed by atoms with Crippen molar-refractivity contribution in [1.29, 1.82) is 0 Å². The van der Waals surface area contributed by atoms with Crippen molar-refractivity contribution >= 4 is 58.2 Å². The Balaban J connectivity index is 1.54. The molecule has 1 amide bonds. The smallest absolute Gasteiger partial charge is 0.276 e. The van der Waals surface area contributed by atoms with Gasteiger partial charge >= 0.3 is 0 Å². The maximum Gasteiger partial charge on any atom is 0.276 e. The molecule has 3 aromatic rings. The quantitative estimate of drug-likeness (QED) is 0.223. The van der Waals surface area contributed by atoms with Crippen molar-refractivity contribution < 1.29 is 19.4 Å². The summed E-state index contributed by atoms with van der Waals surface area (Å²) in [6, 6.07) is 16.4. The molecule has 184 valence electrons. The van der Waals surface area contributed by atoms with E-state index in [0.717, 1.165) is 11.1 Å². The Labute approximate surface area is 222 Å². The van der Waals surface area contributed by atoms with Crippen molar-refractivity contribution in [2.45, 2.75) is 40.5 Å². The van der Waals surface area contributed by atoms with Gasteiger partial charge in [-0.05, 0) is 29.3 Å². The molecule has 0 bridgehead atoms. The molecule has 0 spiro atoms. The molecule has 2 aromatic carbocycles. The summed E-state index contributed by atoms with van der Waals surface area (Å²) in [6.45, 7) is -0.0272. The van der Waals surface area contributed by atoms with Crippen molar-refractivity contribution in [3.8, 4) is 0 Å². The largest absolute Gasteiger partial charge is 0.392 e. The molecular formula is C24H22Cl3N3O4S. The fourth-order valence-corrected chi connectivity index (χ4v) is 4.48. The fraction of sp³-hybridized carbons (Fsp3) is 0.292. The highest BCUT2D eigenvalue weighted by Crippen LogP contribution is 2.39. The molecule has 1 aliphatic heterocycles. The molecule has 1 saturated heterocycles. The number of aromatic nitrogens is 2. The number of hydrogen-bond acceptors (Lipinski definition) is 7. The summed E-state index contributed by atoms with van der Waals surface area (Å²) in [5, 5.41) is 12.6. The predicted octanol–water partition coefficient (Wildman–Crippen LogP) is 5.62. The number of nitrogens with one attached hydrogen (secondary N) is 1. The number of carbonyl (C=O) groups is 1. The topological polar surface area (TPSA) is 93.6 Å². The van der Waals surface area contributed by atoms with E-state index < -0.39 is 16.0 Å². The van der Waals surface area contributed by atoms with Crippen LogP contribution in [0.1, 0.15) is 35.5 Å². The number of rotatable bonds is 7. The van der Waals surface area contributed by atoms with Gasteiger partial charge in [0.15, 0.2) is 11.4 Å². The van der Waals surface area contributed by atoms with Gasteiger partial charge in [-0.15, -0.1) is 0 Å². The monoisotopic (exact) mass is 553 g/mol. The van der Waals surface area contributed by atoms with E-state index in [-0.39, 0.29) is 18.8 Å². The maximum absolute atomic E-state index is 12.1. The van der Waals surface area contributed by atoms with Crippen LogP contribution >= 0.6 is 46.6 Å². The zero-order valence-electron chi connectivity index (χ0n) is 18.3. The number of benzene rings is 2. The van der Waals surface area contributed by atoms with Gasteiger partial charge in [0, 0.05) is 35.8 Å². The Morgan fingerprint density at radius 3 is 2.49 bits per heavy atom. The summed E-state index contributed by atoms with van der Waals surface area (Å²) in [6.07, 6.45) is 2.92. The van der Waals surface area contributed by atoms with Crippen molar-refractivity contribution in [3.63, 3.8) is 0 Å². The molecule has 35 heavy (non-hydrogen) atoms. The minimum atomic E-state index is -2.08. The zero-order valence-corrected chi connectivity index (χ0v) is 21.4. The molecule has 2 heterocycles. The first-order chi connectivity index (χ1) is 16.8. The number of amides is 1. The van der Waals surface area contributed by atoms with Gasteiger partial charge < -0.3 is 19.9 Å². The molecule has 1 aliphatic rings. The summed E-state index contributed by atoms with van der Waals surface area (Å²) < 4.78 is 10.5. The van der Waals surface area contributed by atoms with Crippen LogP contribution in [0.2, 0.25) is 0 Å². The third-order valence-electron chi connectivity index (χ3n) is 5.23. The van der Waals surface area contributed by atoms with E-state index in [1.807, 2.05) is 30.3 Å². The summed E-state index contributed by atoms with van der Waals surface area (Å²) in [4.78, 5) is 20.6. The van der Waals surface area contributed by atoms with Gasteiger partial charge in [-0.2, -0.15) is 0 Å². The highest BCUT2D eigenvalue weighted by molar-refractivity contribution is 7.99. The van der Waals surface area contributed by atoms with Crippen LogP contribution in [0.4, 0.5) is 5.69 Å². The lowest BCUT2D eigenvalue weighted by Crippen LogP contribution is -2.31. The van der Waals surface area contributed by atoms with Crippen molar-refractivity contribution in [2.75, 3.05) is 11.1 Å². The van der Waals surface area contributed by atoms with E-state index in [0.29, 0.717) is 28.6 Å². The SMILES string of the molecule is O=C(Nc1cccc(C2OC(CSc3ncccn3)CC(c3ccc(CO)cc3)O2)c1)C(Cl)(Cl)Cl. The molecule has 0 aliphatic carbocycles. The Hall–Kier alpha value is -1.91. The van der Waals surface area contributed by atoms with Gasteiger partial charge in [0.05, 0.1) is 18.8 Å². The number of halogens is 3. The normalized spacial score (nSPS) is 20.4. The van der Waals surface area contributed by atoms with E-state index in [2.05, 4.69) is 15.3 Å². The molecule has 7 nitrogen and oxygen atoms in total. The van der Waals surface area contributed by atoms with Crippen LogP contribution in [0.25, 0.3) is 0 Å². The summed E-state index contributed by atoms with van der Waals surface area (Å²) in [7, 11) is 0. The van der Waals surface area contributed by atoms with Crippen molar-refractivity contribution in [3.05, 3.63) is 83.7 Å². The van der Waals surface area contributed by atoms with Gasteiger partial charge in [0.1, 0.15) is 0 Å². The Kier molecular flexibility index (Phi) is 8.88. The number of thioether (sulfide) groups is 1. The predicted molar refractivity (Wildman–Crippen MR) is 137 cm³/mol. The number of aliphatic hydroxyl groups excluding tert-OH is 1. The molecule has 0 radical (unpaired) electrons. The average Bonchev–Trinajstić information content (AvgIpc) is 2.87. The summed E-state index contributed by atoms with van der Waals surface area (Å²) >= 11 is 18.5. The molecular weight excluding hydrogens is 533 g/mol. The second-order valence-corrected chi connectivity index (χ2v) is 11.0. The highest BCUT2D eigenvalue weighted by atomic mass is 35.6. The standard InChI is InChI=1S/C24H22Cl3N3O4S/c25-24(26,27)22(32)30-18-4-1-3-17(11-18)21-33-19(14-35-23-28-9-2-10-29-23)12-20(34-21)16-7-5-15(13-31)6-8-16/h1-11,19-21,31H,12-14H2,(H,30,32). The molecule has 1 fully saturated rings. The van der Waals surface area contributed by atoms with Gasteiger partial charge in [0.25, 0.3) is 9.70 Å². The lowest BCUT2D eigenvalue weighted by molar-refractivity contribution is -0.245. The second kappa shape index (κ2) is 11.9. The number of nitrogens with zero attached hydrogens (tertiary/aromatic N) is 2. The first-order valence-corrected chi connectivity index (χ1v) is 12.8. The molecule has 3 unspecified atom stereocenters. The lowest BCUT2D eigenvalue weighted by atomic mass is 10.0. The number of aliphatic hydroxyl groups is 1. The third kappa shape index (κ3) is 7.30. The van der Waals surface area contributed by atoms with E-state index in [9.17, 15) is 9.90 Å². The Morgan fingerprint density at radius 2 is 1.80 bits per heavy atom. The minimum Gasteiger partial charge on any atom is -0.392 e. The number of carbonyl (C=O) groups excluding carboxylic acids is 1. The first-order valence-electron chi connectivity index (χ1n) is 10.7. The first kappa shape index (κ1) is 26.2. The van der Waals surface area contributed by atoms with Crippen LogP contribution in [0.15, 0.2) is 72.1 Å². The van der Waals surface area contributed by atoms with Gasteiger partial charge in [0.2, 0.25) is 0 Å². The van der Waals surface area contributed by atoms with Crippen molar-refractivity contribution in [1.82, 2.24) is 9.97 Å². The number of hydrogen-bond donors (Lipinski definition) is 2. The maximum atomic E-state index is 12.1. The van der Waals surface area contributed by atoms with E-state index in [1.54, 1.807) is 36.7 Å². The van der Waals surface area contributed by atoms with Gasteiger partial charge in [-0.3, -0.25) is 4.79 Å². The highest BCUT2D eigenvalue weighted by Gasteiger charge is 2.33. The average molecular weight is 555 g/mol. The van der Waals surface area contributed by atoms with Crippen LogP contribution < -0.4 is 5.32 Å². The number of ether oxygens (including phenoxy) is 2. The molecule has 4 rings (SSSR count). The van der Waals surface area contributed by atoms with Crippen LogP contribution in [0.5, 0.6) is 0 Å². The Bertz CT molecular complexity index is 1130. The van der Waals surface area contributed by atoms with Crippen molar-refractivity contribution in [2.24, 2.45) is 0 Å². The molecule has 11 heteroatoms. The van der Waals surface area contributed by atoms with Crippen LogP contribution in [-0.4, -0.2) is 36.6 Å². The number of anilines is 1. The van der Waals surface area contributed by atoms with Gasteiger partial charge in [-0.25, -0.2) is 9.97 Å². The molecule has 3 atom stereocenters. The van der Waals surface area contributed by atoms with Gasteiger partial charge in [-0.1, -0.05) is 83.0 Å². The third-order valence-corrected chi connectivity index (χ3v) is 6.75. The summed E-state index contributed by atoms with van der Waals surface area (Å²) in [5.74, 6) is -0.136. The second-order valence-electron chi connectivity index (χ2n) is 7.77. The lowest BCUT2D eigenvalue weighted by Gasteiger charge is -2.36. The molecule has 1 aromatic heterocycles. The molecule has 0 saturated carbocycles. The summed E-state index contributed by atoms with van der Waals surface area (Å²) in [5.41, 5.74) is 2.95.